The van der Waals surface area contributed by atoms with Gasteiger partial charge in [-0.1, -0.05) is 23.7 Å². The first-order valence-electron chi connectivity index (χ1n) is 6.43. The Labute approximate surface area is 131 Å². The van der Waals surface area contributed by atoms with Crippen LogP contribution in [0.15, 0.2) is 48.5 Å². The number of nitrogens with one attached hydrogen (secondary N) is 1. The maximum Gasteiger partial charge on any atom is 0.269 e. The summed E-state index contributed by atoms with van der Waals surface area (Å²) in [5.74, 6) is -0.414. The normalized spacial score (nSPS) is 11.7. The van der Waals surface area contributed by atoms with Gasteiger partial charge in [-0.2, -0.15) is 0 Å². The molecule has 22 heavy (non-hydrogen) atoms. The highest BCUT2D eigenvalue weighted by atomic mass is 35.5. The molecule has 2 aromatic carbocycles. The zero-order valence-electron chi connectivity index (χ0n) is 11.4. The van der Waals surface area contributed by atoms with Crippen LogP contribution in [0.5, 0.6) is 0 Å². The number of halogens is 1. The fraction of sp³-hybridized carbons (Fsp3) is 0.133. The Kier molecular flexibility index (Phi) is 5.08. The monoisotopic (exact) mass is 320 g/mol. The number of hydrogen-bond acceptors (Lipinski definition) is 4. The van der Waals surface area contributed by atoms with Crippen LogP contribution < -0.4 is 5.32 Å². The molecule has 0 radical (unpaired) electrons. The number of nitro benzene ring substituents is 1. The summed E-state index contributed by atoms with van der Waals surface area (Å²) in [5, 5.41) is 23.6. The van der Waals surface area contributed by atoms with E-state index in [1.165, 1.54) is 24.3 Å². The van der Waals surface area contributed by atoms with Crippen molar-refractivity contribution >= 4 is 23.2 Å². The number of carbonyl (C=O) groups excluding carboxylic acids is 1. The number of rotatable bonds is 5. The van der Waals surface area contributed by atoms with Crippen molar-refractivity contribution in [3.63, 3.8) is 0 Å². The molecule has 0 heterocycles. The number of carbonyl (C=O) groups is 1. The SMILES string of the molecule is O=C(NC[C@H](O)c1ccc(Cl)cc1)c1ccc([N+](=O)[O-])cc1. The first kappa shape index (κ1) is 15.9. The first-order chi connectivity index (χ1) is 10.5. The molecule has 0 aliphatic carbocycles. The van der Waals surface area contributed by atoms with Crippen LogP contribution in [0.1, 0.15) is 22.0 Å². The smallest absolute Gasteiger partial charge is 0.269 e. The van der Waals surface area contributed by atoms with E-state index in [4.69, 9.17) is 11.6 Å². The van der Waals surface area contributed by atoms with E-state index >= 15 is 0 Å². The van der Waals surface area contributed by atoms with Gasteiger partial charge in [0.05, 0.1) is 11.0 Å². The van der Waals surface area contributed by atoms with E-state index in [2.05, 4.69) is 5.32 Å². The molecule has 6 nitrogen and oxygen atoms in total. The van der Waals surface area contributed by atoms with Crippen molar-refractivity contribution in [1.29, 1.82) is 0 Å². The number of nitro groups is 1. The molecule has 0 fully saturated rings. The average Bonchev–Trinajstić information content (AvgIpc) is 2.53. The highest BCUT2D eigenvalue weighted by molar-refractivity contribution is 6.30. The van der Waals surface area contributed by atoms with E-state index in [1.54, 1.807) is 24.3 Å². The number of nitrogens with zero attached hydrogens (tertiary/aromatic N) is 1. The molecule has 0 unspecified atom stereocenters. The fourth-order valence-corrected chi connectivity index (χ4v) is 1.95. The lowest BCUT2D eigenvalue weighted by Gasteiger charge is -2.12. The van der Waals surface area contributed by atoms with Crippen molar-refractivity contribution in [2.45, 2.75) is 6.10 Å². The fourth-order valence-electron chi connectivity index (χ4n) is 1.83. The lowest BCUT2D eigenvalue weighted by Crippen LogP contribution is -2.28. The molecule has 0 spiro atoms. The summed E-state index contributed by atoms with van der Waals surface area (Å²) in [7, 11) is 0. The number of non-ortho nitro benzene ring substituents is 1. The van der Waals surface area contributed by atoms with Crippen LogP contribution in [0.3, 0.4) is 0 Å². The number of aliphatic hydroxyl groups excluding tert-OH is 1. The molecule has 2 N–H and O–H groups in total. The van der Waals surface area contributed by atoms with Gasteiger partial charge in [-0.05, 0) is 29.8 Å². The molecule has 0 aromatic heterocycles. The van der Waals surface area contributed by atoms with Crippen LogP contribution >= 0.6 is 11.6 Å². The largest absolute Gasteiger partial charge is 0.387 e. The lowest BCUT2D eigenvalue weighted by molar-refractivity contribution is -0.384. The van der Waals surface area contributed by atoms with Gasteiger partial charge in [-0.15, -0.1) is 0 Å². The Morgan fingerprint density at radius 2 is 1.77 bits per heavy atom. The second-order valence-electron chi connectivity index (χ2n) is 4.58. The minimum atomic E-state index is -0.862. The third kappa shape index (κ3) is 4.03. The molecule has 0 bridgehead atoms. The molecule has 2 aromatic rings. The van der Waals surface area contributed by atoms with Crippen LogP contribution in [0.2, 0.25) is 5.02 Å². The standard InChI is InChI=1S/C15H13ClN2O4/c16-12-5-1-10(2-6-12)14(19)9-17-15(20)11-3-7-13(8-4-11)18(21)22/h1-8,14,19H,9H2,(H,17,20)/t14-/m0/s1. The lowest BCUT2D eigenvalue weighted by atomic mass is 10.1. The minimum Gasteiger partial charge on any atom is -0.387 e. The van der Waals surface area contributed by atoms with Crippen molar-refractivity contribution in [2.24, 2.45) is 0 Å². The summed E-state index contributed by atoms with van der Waals surface area (Å²) < 4.78 is 0. The predicted molar refractivity (Wildman–Crippen MR) is 81.8 cm³/mol. The number of hydrogen-bond donors (Lipinski definition) is 2. The van der Waals surface area contributed by atoms with E-state index in [0.717, 1.165) is 0 Å². The Morgan fingerprint density at radius 1 is 1.18 bits per heavy atom. The van der Waals surface area contributed by atoms with Crippen LogP contribution in [0.4, 0.5) is 5.69 Å². The van der Waals surface area contributed by atoms with E-state index in [-0.39, 0.29) is 17.8 Å². The molecule has 1 atom stereocenters. The Morgan fingerprint density at radius 3 is 2.32 bits per heavy atom. The van der Waals surface area contributed by atoms with Crippen molar-refractivity contribution in [1.82, 2.24) is 5.32 Å². The molecule has 0 aliphatic rings. The first-order valence-corrected chi connectivity index (χ1v) is 6.81. The summed E-state index contributed by atoms with van der Waals surface area (Å²) in [4.78, 5) is 21.9. The van der Waals surface area contributed by atoms with Gasteiger partial charge >= 0.3 is 0 Å². The maximum atomic E-state index is 11.9. The Bertz CT molecular complexity index is 671. The second kappa shape index (κ2) is 7.02. The molecule has 0 aliphatic heterocycles. The Hall–Kier alpha value is -2.44. The zero-order valence-corrected chi connectivity index (χ0v) is 12.2. The number of benzene rings is 2. The van der Waals surface area contributed by atoms with Gasteiger partial charge < -0.3 is 10.4 Å². The van der Waals surface area contributed by atoms with Gasteiger partial charge in [0.1, 0.15) is 0 Å². The van der Waals surface area contributed by atoms with Crippen LogP contribution in [-0.4, -0.2) is 22.5 Å². The second-order valence-corrected chi connectivity index (χ2v) is 5.02. The molecule has 2 rings (SSSR count). The summed E-state index contributed by atoms with van der Waals surface area (Å²) >= 11 is 5.76. The van der Waals surface area contributed by atoms with Crippen LogP contribution in [-0.2, 0) is 0 Å². The van der Waals surface area contributed by atoms with Crippen molar-refractivity contribution in [3.8, 4) is 0 Å². The Balaban J connectivity index is 1.94. The molecule has 0 saturated heterocycles. The molecule has 7 heteroatoms. The van der Waals surface area contributed by atoms with Crippen molar-refractivity contribution < 1.29 is 14.8 Å². The highest BCUT2D eigenvalue weighted by Crippen LogP contribution is 2.16. The van der Waals surface area contributed by atoms with E-state index in [0.29, 0.717) is 10.6 Å². The van der Waals surface area contributed by atoms with E-state index < -0.39 is 16.9 Å². The van der Waals surface area contributed by atoms with E-state index in [1.807, 2.05) is 0 Å². The summed E-state index contributed by atoms with van der Waals surface area (Å²) in [6, 6.07) is 11.9. The van der Waals surface area contributed by atoms with Crippen LogP contribution in [0, 0.1) is 10.1 Å². The molecular weight excluding hydrogens is 308 g/mol. The van der Waals surface area contributed by atoms with Gasteiger partial charge in [0.2, 0.25) is 0 Å². The number of aliphatic hydroxyl groups is 1. The molecular formula is C15H13ClN2O4. The van der Waals surface area contributed by atoms with Crippen LogP contribution in [0.25, 0.3) is 0 Å². The predicted octanol–water partition coefficient (Wildman–Crippen LogP) is 2.71. The minimum absolute atomic E-state index is 0.0253. The third-order valence-electron chi connectivity index (χ3n) is 3.05. The van der Waals surface area contributed by atoms with Gasteiger partial charge in [-0.3, -0.25) is 14.9 Å². The zero-order chi connectivity index (χ0) is 16.1. The van der Waals surface area contributed by atoms with Gasteiger partial charge in [0, 0.05) is 29.3 Å². The van der Waals surface area contributed by atoms with Gasteiger partial charge in [-0.25, -0.2) is 0 Å². The van der Waals surface area contributed by atoms with Crippen molar-refractivity contribution in [2.75, 3.05) is 6.54 Å². The molecule has 0 saturated carbocycles. The maximum absolute atomic E-state index is 11.9. The molecule has 1 amide bonds. The summed E-state index contributed by atoms with van der Waals surface area (Å²) in [5.41, 5.74) is 0.833. The highest BCUT2D eigenvalue weighted by Gasteiger charge is 2.12. The average molecular weight is 321 g/mol. The quantitative estimate of drug-likeness (QED) is 0.654. The third-order valence-corrected chi connectivity index (χ3v) is 3.30. The summed E-state index contributed by atoms with van der Waals surface area (Å²) in [6.07, 6.45) is -0.862. The topological polar surface area (TPSA) is 92.5 Å². The summed E-state index contributed by atoms with van der Waals surface area (Å²) in [6.45, 7) is 0.0253. The van der Waals surface area contributed by atoms with E-state index in [9.17, 15) is 20.0 Å². The van der Waals surface area contributed by atoms with Crippen molar-refractivity contribution in [3.05, 3.63) is 74.8 Å². The molecule has 114 valence electrons. The van der Waals surface area contributed by atoms with Gasteiger partial charge in [0.15, 0.2) is 0 Å². The number of amides is 1. The van der Waals surface area contributed by atoms with Gasteiger partial charge in [0.25, 0.3) is 11.6 Å².